The molecule has 0 amide bonds. The van der Waals surface area contributed by atoms with E-state index in [4.69, 9.17) is 0 Å². The second-order valence-electron chi connectivity index (χ2n) is 4.12. The van der Waals surface area contributed by atoms with Crippen LogP contribution in [0.1, 0.15) is 5.56 Å². The summed E-state index contributed by atoms with van der Waals surface area (Å²) in [4.78, 5) is 3.84. The number of phenolic OH excluding ortho intramolecular Hbond substituents is 1. The third-order valence-electron chi connectivity index (χ3n) is 2.86. The number of nitrogens with zero attached hydrogens (tertiary/aromatic N) is 4. The summed E-state index contributed by atoms with van der Waals surface area (Å²) in [7, 11) is 0. The van der Waals surface area contributed by atoms with Gasteiger partial charge in [0.05, 0.1) is 0 Å². The zero-order valence-electron chi connectivity index (χ0n) is 10.2. The predicted molar refractivity (Wildman–Crippen MR) is 70.9 cm³/mol. The maximum Gasteiger partial charge on any atom is 0.264 e. The molecule has 0 bridgehead atoms. The summed E-state index contributed by atoms with van der Waals surface area (Å²) in [6.45, 7) is 1.97. The fourth-order valence-electron chi connectivity index (χ4n) is 1.95. The summed E-state index contributed by atoms with van der Waals surface area (Å²) in [5, 5.41) is 26.1. The van der Waals surface area contributed by atoms with E-state index in [1.165, 1.54) is 6.33 Å². The molecule has 1 aromatic heterocycles. The lowest BCUT2D eigenvalue weighted by molar-refractivity contribution is 0.482. The minimum Gasteiger partial charge on any atom is -0.505 e. The summed E-state index contributed by atoms with van der Waals surface area (Å²) in [6.07, 6.45) is 1.35. The van der Waals surface area contributed by atoms with E-state index in [9.17, 15) is 5.11 Å². The van der Waals surface area contributed by atoms with Crippen LogP contribution < -0.4 is 0 Å². The first-order chi connectivity index (χ1) is 9.25. The highest BCUT2D eigenvalue weighted by molar-refractivity contribution is 5.94. The van der Waals surface area contributed by atoms with Gasteiger partial charge in [-0.2, -0.15) is 10.1 Å². The van der Waals surface area contributed by atoms with Crippen molar-refractivity contribution in [2.45, 2.75) is 6.92 Å². The Morgan fingerprint density at radius 3 is 2.68 bits per heavy atom. The first-order valence-corrected chi connectivity index (χ1v) is 5.74. The Labute approximate surface area is 108 Å². The Morgan fingerprint density at radius 1 is 1.16 bits per heavy atom. The molecule has 0 radical (unpaired) electrons. The summed E-state index contributed by atoms with van der Waals surface area (Å²) in [6, 6.07) is 9.41. The van der Waals surface area contributed by atoms with E-state index in [0.717, 1.165) is 16.3 Å². The summed E-state index contributed by atoms with van der Waals surface area (Å²) >= 11 is 0. The standard InChI is InChI=1S/C13H11N5O/c1-8-6-11(16-18-13-14-7-15-17-13)12(19)10-5-3-2-4-9(8)10/h2-7,19H,1H3,(H,14,15,17). The molecule has 3 rings (SSSR count). The average Bonchev–Trinajstić information content (AvgIpc) is 2.95. The van der Waals surface area contributed by atoms with Crippen LogP contribution in [0.15, 0.2) is 46.9 Å². The van der Waals surface area contributed by atoms with E-state index in [0.29, 0.717) is 11.6 Å². The number of aryl methyl sites for hydroxylation is 1. The van der Waals surface area contributed by atoms with Crippen molar-refractivity contribution >= 4 is 22.4 Å². The van der Waals surface area contributed by atoms with Gasteiger partial charge in [0.15, 0.2) is 5.75 Å². The zero-order valence-corrected chi connectivity index (χ0v) is 10.2. The van der Waals surface area contributed by atoms with E-state index in [1.54, 1.807) is 6.07 Å². The molecule has 0 spiro atoms. The fraction of sp³-hybridized carbons (Fsp3) is 0.0769. The predicted octanol–water partition coefficient (Wildman–Crippen LogP) is 3.39. The number of benzene rings is 2. The quantitative estimate of drug-likeness (QED) is 0.686. The van der Waals surface area contributed by atoms with Gasteiger partial charge in [-0.15, -0.1) is 10.2 Å². The molecule has 1 heterocycles. The maximum absolute atomic E-state index is 10.2. The normalized spacial score (nSPS) is 11.4. The lowest BCUT2D eigenvalue weighted by Crippen LogP contribution is -1.80. The van der Waals surface area contributed by atoms with Crippen molar-refractivity contribution in [3.8, 4) is 5.75 Å². The van der Waals surface area contributed by atoms with Crippen LogP contribution in [0.4, 0.5) is 11.6 Å². The fourth-order valence-corrected chi connectivity index (χ4v) is 1.95. The van der Waals surface area contributed by atoms with E-state index < -0.39 is 0 Å². The van der Waals surface area contributed by atoms with E-state index in [1.807, 2.05) is 31.2 Å². The van der Waals surface area contributed by atoms with Gasteiger partial charge in [-0.05, 0) is 23.9 Å². The van der Waals surface area contributed by atoms with Crippen molar-refractivity contribution in [3.63, 3.8) is 0 Å². The molecule has 0 aliphatic carbocycles. The third kappa shape index (κ3) is 2.03. The van der Waals surface area contributed by atoms with Crippen LogP contribution in [-0.4, -0.2) is 20.3 Å². The molecule has 2 N–H and O–H groups in total. The highest BCUT2D eigenvalue weighted by atomic mass is 16.3. The molecule has 0 saturated carbocycles. The van der Waals surface area contributed by atoms with Gasteiger partial charge in [-0.3, -0.25) is 0 Å². The number of H-pyrrole nitrogens is 1. The van der Waals surface area contributed by atoms with Crippen molar-refractivity contribution in [2.75, 3.05) is 0 Å². The van der Waals surface area contributed by atoms with Crippen LogP contribution in [-0.2, 0) is 0 Å². The monoisotopic (exact) mass is 253 g/mol. The highest BCUT2D eigenvalue weighted by Crippen LogP contribution is 2.37. The van der Waals surface area contributed by atoms with Gasteiger partial charge in [-0.25, -0.2) is 5.10 Å². The van der Waals surface area contributed by atoms with Gasteiger partial charge in [0.2, 0.25) is 0 Å². The van der Waals surface area contributed by atoms with Crippen molar-refractivity contribution in [2.24, 2.45) is 10.2 Å². The zero-order chi connectivity index (χ0) is 13.2. The molecule has 0 fully saturated rings. The number of aromatic amines is 1. The summed E-state index contributed by atoms with van der Waals surface area (Å²) in [5.74, 6) is 0.412. The molecule has 3 aromatic rings. The molecule has 0 aliphatic rings. The number of hydrogen-bond donors (Lipinski definition) is 2. The Kier molecular flexibility index (Phi) is 2.68. The van der Waals surface area contributed by atoms with E-state index >= 15 is 0 Å². The van der Waals surface area contributed by atoms with Crippen molar-refractivity contribution in [1.82, 2.24) is 15.2 Å². The number of phenols is 1. The second kappa shape index (κ2) is 4.49. The molecule has 19 heavy (non-hydrogen) atoms. The number of fused-ring (bicyclic) bond motifs is 1. The number of aromatic nitrogens is 3. The first-order valence-electron chi connectivity index (χ1n) is 5.74. The number of azo groups is 1. The summed E-state index contributed by atoms with van der Waals surface area (Å²) < 4.78 is 0. The Morgan fingerprint density at radius 2 is 1.95 bits per heavy atom. The van der Waals surface area contributed by atoms with Gasteiger partial charge >= 0.3 is 0 Å². The number of aromatic hydroxyl groups is 1. The summed E-state index contributed by atoms with van der Waals surface area (Å²) in [5.41, 5.74) is 1.44. The van der Waals surface area contributed by atoms with E-state index in [-0.39, 0.29) is 5.75 Å². The number of nitrogens with one attached hydrogen (secondary N) is 1. The average molecular weight is 253 g/mol. The van der Waals surface area contributed by atoms with Crippen LogP contribution in [0.25, 0.3) is 10.8 Å². The molecule has 6 heteroatoms. The van der Waals surface area contributed by atoms with Crippen molar-refractivity contribution in [3.05, 3.63) is 42.2 Å². The third-order valence-corrected chi connectivity index (χ3v) is 2.86. The topological polar surface area (TPSA) is 86.5 Å². The van der Waals surface area contributed by atoms with Crippen LogP contribution in [0.5, 0.6) is 5.75 Å². The highest BCUT2D eigenvalue weighted by Gasteiger charge is 2.08. The lowest BCUT2D eigenvalue weighted by Gasteiger charge is -2.06. The number of rotatable bonds is 2. The molecule has 0 saturated heterocycles. The largest absolute Gasteiger partial charge is 0.505 e. The van der Waals surface area contributed by atoms with E-state index in [2.05, 4.69) is 25.4 Å². The Hall–Kier alpha value is -2.76. The lowest BCUT2D eigenvalue weighted by atomic mass is 10.0. The first kappa shape index (κ1) is 11.3. The van der Waals surface area contributed by atoms with Crippen LogP contribution in [0.3, 0.4) is 0 Å². The second-order valence-corrected chi connectivity index (χ2v) is 4.12. The van der Waals surface area contributed by atoms with Crippen molar-refractivity contribution in [1.29, 1.82) is 0 Å². The molecule has 0 aliphatic heterocycles. The van der Waals surface area contributed by atoms with Crippen LogP contribution in [0.2, 0.25) is 0 Å². The molecular weight excluding hydrogens is 242 g/mol. The molecule has 0 unspecified atom stereocenters. The number of hydrogen-bond acceptors (Lipinski definition) is 5. The maximum atomic E-state index is 10.2. The minimum absolute atomic E-state index is 0.115. The smallest absolute Gasteiger partial charge is 0.264 e. The Bertz CT molecular complexity index is 749. The molecule has 94 valence electrons. The molecule has 0 atom stereocenters. The van der Waals surface area contributed by atoms with Gasteiger partial charge in [0.25, 0.3) is 5.95 Å². The van der Waals surface area contributed by atoms with Gasteiger partial charge in [-0.1, -0.05) is 24.3 Å². The SMILES string of the molecule is Cc1cc(N=Nc2ncn[nH]2)c(O)c2ccccc12. The van der Waals surface area contributed by atoms with Gasteiger partial charge in [0.1, 0.15) is 12.0 Å². The molecule has 2 aromatic carbocycles. The molecular formula is C13H11N5O. The Balaban J connectivity index is 2.12. The molecule has 6 nitrogen and oxygen atoms in total. The van der Waals surface area contributed by atoms with Gasteiger partial charge in [0, 0.05) is 5.39 Å². The van der Waals surface area contributed by atoms with Crippen LogP contribution >= 0.6 is 0 Å². The van der Waals surface area contributed by atoms with Crippen LogP contribution in [0, 0.1) is 6.92 Å². The van der Waals surface area contributed by atoms with Crippen molar-refractivity contribution < 1.29 is 5.11 Å². The minimum atomic E-state index is 0.115. The van der Waals surface area contributed by atoms with Gasteiger partial charge < -0.3 is 5.11 Å².